The van der Waals surface area contributed by atoms with Gasteiger partial charge in [-0.1, -0.05) is 19.9 Å². The van der Waals surface area contributed by atoms with E-state index in [1.165, 1.54) is 37.8 Å². The Bertz CT molecular complexity index is 173. The summed E-state index contributed by atoms with van der Waals surface area (Å²) in [4.78, 5) is 2.36. The van der Waals surface area contributed by atoms with Crippen molar-refractivity contribution in [1.82, 2.24) is 10.2 Å². The average Bonchev–Trinajstić information content (AvgIpc) is 2.95. The molecule has 2 heteroatoms. The molecule has 0 aromatic heterocycles. The summed E-state index contributed by atoms with van der Waals surface area (Å²) in [5.41, 5.74) is 1.32. The van der Waals surface area contributed by atoms with Gasteiger partial charge in [-0.2, -0.15) is 0 Å². The Hall–Kier alpha value is -0.340. The molecule has 0 unspecified atom stereocenters. The number of unbranched alkanes of at least 4 members (excludes halogenated alkanes) is 1. The third-order valence-electron chi connectivity index (χ3n) is 2.60. The zero-order chi connectivity index (χ0) is 10.4. The first kappa shape index (κ1) is 11.7. The summed E-state index contributed by atoms with van der Waals surface area (Å²) in [6.45, 7) is 9.57. The standard InChI is InChI=1S/C12H24N2/c1-4-5-8-14(3)10-11(2)9-13-12-6-7-12/h12-13H,2,4-10H2,1,3H3. The molecule has 0 bridgehead atoms. The van der Waals surface area contributed by atoms with Crippen LogP contribution in [0.15, 0.2) is 12.2 Å². The number of rotatable bonds is 8. The highest BCUT2D eigenvalue weighted by Gasteiger charge is 2.20. The van der Waals surface area contributed by atoms with Crippen LogP contribution in [0.5, 0.6) is 0 Å². The third-order valence-corrected chi connectivity index (χ3v) is 2.60. The normalized spacial score (nSPS) is 16.2. The number of hydrogen-bond acceptors (Lipinski definition) is 2. The molecule has 0 radical (unpaired) electrons. The Morgan fingerprint density at radius 2 is 2.21 bits per heavy atom. The van der Waals surface area contributed by atoms with Crippen LogP contribution in [0.1, 0.15) is 32.6 Å². The van der Waals surface area contributed by atoms with Gasteiger partial charge in [-0.3, -0.25) is 0 Å². The van der Waals surface area contributed by atoms with E-state index >= 15 is 0 Å². The summed E-state index contributed by atoms with van der Waals surface area (Å²) in [7, 11) is 2.18. The van der Waals surface area contributed by atoms with Crippen LogP contribution in [0.4, 0.5) is 0 Å². The molecule has 0 spiro atoms. The van der Waals surface area contributed by atoms with Gasteiger partial charge in [0.25, 0.3) is 0 Å². The molecule has 0 amide bonds. The summed E-state index contributed by atoms with van der Waals surface area (Å²) in [5.74, 6) is 0. The lowest BCUT2D eigenvalue weighted by atomic mass is 10.2. The molecule has 14 heavy (non-hydrogen) atoms. The van der Waals surface area contributed by atoms with Gasteiger partial charge in [-0.05, 0) is 38.4 Å². The molecular formula is C12H24N2. The molecule has 1 rings (SSSR count). The topological polar surface area (TPSA) is 15.3 Å². The minimum atomic E-state index is 0.799. The van der Waals surface area contributed by atoms with Crippen LogP contribution in [-0.2, 0) is 0 Å². The quantitative estimate of drug-likeness (QED) is 0.598. The minimum Gasteiger partial charge on any atom is -0.310 e. The van der Waals surface area contributed by atoms with Crippen molar-refractivity contribution in [3.8, 4) is 0 Å². The van der Waals surface area contributed by atoms with E-state index in [0.717, 1.165) is 19.1 Å². The van der Waals surface area contributed by atoms with Crippen molar-refractivity contribution in [1.29, 1.82) is 0 Å². The third kappa shape index (κ3) is 5.40. The maximum absolute atomic E-state index is 4.10. The van der Waals surface area contributed by atoms with Gasteiger partial charge >= 0.3 is 0 Å². The lowest BCUT2D eigenvalue weighted by Crippen LogP contribution is -2.27. The summed E-state index contributed by atoms with van der Waals surface area (Å²) in [6, 6.07) is 0.799. The van der Waals surface area contributed by atoms with Crippen LogP contribution < -0.4 is 5.32 Å². The van der Waals surface area contributed by atoms with E-state index in [-0.39, 0.29) is 0 Å². The molecule has 1 saturated carbocycles. The Morgan fingerprint density at radius 3 is 2.79 bits per heavy atom. The summed E-state index contributed by atoms with van der Waals surface area (Å²) < 4.78 is 0. The van der Waals surface area contributed by atoms with E-state index < -0.39 is 0 Å². The molecule has 2 nitrogen and oxygen atoms in total. The highest BCUT2D eigenvalue weighted by molar-refractivity contribution is 5.01. The summed E-state index contributed by atoms with van der Waals surface area (Å²) in [6.07, 6.45) is 5.29. The first-order chi connectivity index (χ1) is 6.72. The molecule has 0 aromatic rings. The molecule has 1 fully saturated rings. The van der Waals surface area contributed by atoms with Gasteiger partial charge in [0.1, 0.15) is 0 Å². The van der Waals surface area contributed by atoms with E-state index in [2.05, 4.69) is 30.8 Å². The Morgan fingerprint density at radius 1 is 1.50 bits per heavy atom. The first-order valence-corrected chi connectivity index (χ1v) is 5.81. The molecule has 1 N–H and O–H groups in total. The zero-order valence-electron chi connectivity index (χ0n) is 9.68. The van der Waals surface area contributed by atoms with Crippen molar-refractivity contribution < 1.29 is 0 Å². The van der Waals surface area contributed by atoms with Gasteiger partial charge in [0.15, 0.2) is 0 Å². The van der Waals surface area contributed by atoms with E-state index in [4.69, 9.17) is 0 Å². The van der Waals surface area contributed by atoms with E-state index in [1.807, 2.05) is 0 Å². The van der Waals surface area contributed by atoms with Crippen molar-refractivity contribution in [2.24, 2.45) is 0 Å². The number of nitrogens with zero attached hydrogens (tertiary/aromatic N) is 1. The summed E-state index contributed by atoms with van der Waals surface area (Å²) >= 11 is 0. The zero-order valence-corrected chi connectivity index (χ0v) is 9.68. The van der Waals surface area contributed by atoms with Gasteiger partial charge in [-0.25, -0.2) is 0 Å². The molecule has 82 valence electrons. The Kier molecular flexibility index (Phi) is 5.20. The average molecular weight is 196 g/mol. The van der Waals surface area contributed by atoms with Crippen LogP contribution in [-0.4, -0.2) is 37.6 Å². The second-order valence-electron chi connectivity index (χ2n) is 4.50. The van der Waals surface area contributed by atoms with Crippen molar-refractivity contribution in [3.63, 3.8) is 0 Å². The van der Waals surface area contributed by atoms with Crippen LogP contribution in [0, 0.1) is 0 Å². The number of likely N-dealkylation sites (N-methyl/N-ethyl adjacent to an activating group) is 1. The molecular weight excluding hydrogens is 172 g/mol. The lowest BCUT2D eigenvalue weighted by Gasteiger charge is -2.17. The number of nitrogens with one attached hydrogen (secondary N) is 1. The second-order valence-corrected chi connectivity index (χ2v) is 4.50. The number of hydrogen-bond donors (Lipinski definition) is 1. The molecule has 1 aliphatic carbocycles. The molecule has 0 aromatic carbocycles. The summed E-state index contributed by atoms with van der Waals surface area (Å²) in [5, 5.41) is 3.49. The van der Waals surface area contributed by atoms with Crippen LogP contribution >= 0.6 is 0 Å². The Balaban J connectivity index is 1.99. The van der Waals surface area contributed by atoms with Crippen LogP contribution in [0.25, 0.3) is 0 Å². The van der Waals surface area contributed by atoms with Crippen molar-refractivity contribution in [2.45, 2.75) is 38.6 Å². The van der Waals surface area contributed by atoms with E-state index in [1.54, 1.807) is 0 Å². The molecule has 0 aliphatic heterocycles. The fraction of sp³-hybridized carbons (Fsp3) is 0.833. The van der Waals surface area contributed by atoms with Crippen LogP contribution in [0.3, 0.4) is 0 Å². The SMILES string of the molecule is C=C(CNC1CC1)CN(C)CCCC. The van der Waals surface area contributed by atoms with Crippen LogP contribution in [0.2, 0.25) is 0 Å². The second kappa shape index (κ2) is 6.20. The first-order valence-electron chi connectivity index (χ1n) is 5.81. The van der Waals surface area contributed by atoms with Crippen molar-refractivity contribution in [2.75, 3.05) is 26.7 Å². The molecule has 0 heterocycles. The van der Waals surface area contributed by atoms with Gasteiger partial charge < -0.3 is 10.2 Å². The smallest absolute Gasteiger partial charge is 0.0199 e. The maximum Gasteiger partial charge on any atom is 0.0199 e. The fourth-order valence-corrected chi connectivity index (χ4v) is 1.52. The molecule has 1 aliphatic rings. The highest BCUT2D eigenvalue weighted by atomic mass is 15.1. The fourth-order valence-electron chi connectivity index (χ4n) is 1.52. The van der Waals surface area contributed by atoms with Gasteiger partial charge in [0, 0.05) is 19.1 Å². The maximum atomic E-state index is 4.10. The van der Waals surface area contributed by atoms with Crippen molar-refractivity contribution >= 4 is 0 Å². The largest absolute Gasteiger partial charge is 0.310 e. The lowest BCUT2D eigenvalue weighted by molar-refractivity contribution is 0.352. The molecule has 0 atom stereocenters. The predicted molar refractivity (Wildman–Crippen MR) is 62.6 cm³/mol. The van der Waals surface area contributed by atoms with Gasteiger partial charge in [0.05, 0.1) is 0 Å². The van der Waals surface area contributed by atoms with Crippen molar-refractivity contribution in [3.05, 3.63) is 12.2 Å². The Labute approximate surface area is 88.4 Å². The molecule has 0 saturated heterocycles. The predicted octanol–water partition coefficient (Wildman–Crippen LogP) is 2.03. The minimum absolute atomic E-state index is 0.799. The van der Waals surface area contributed by atoms with Gasteiger partial charge in [-0.15, -0.1) is 0 Å². The monoisotopic (exact) mass is 196 g/mol. The highest BCUT2D eigenvalue weighted by Crippen LogP contribution is 2.18. The van der Waals surface area contributed by atoms with E-state index in [0.29, 0.717) is 0 Å². The van der Waals surface area contributed by atoms with E-state index in [9.17, 15) is 0 Å². The van der Waals surface area contributed by atoms with Gasteiger partial charge in [0.2, 0.25) is 0 Å².